The van der Waals surface area contributed by atoms with Gasteiger partial charge in [-0.2, -0.15) is 0 Å². The zero-order valence-electron chi connectivity index (χ0n) is 15.2. The zero-order chi connectivity index (χ0) is 20.0. The van der Waals surface area contributed by atoms with Gasteiger partial charge in [0.05, 0.1) is 18.7 Å². The molecular weight excluding hydrogens is 392 g/mol. The molecule has 0 aromatic heterocycles. The van der Waals surface area contributed by atoms with Crippen LogP contribution < -0.4 is 19.5 Å². The molecule has 2 aromatic rings. The number of sulfonamides is 1. The molecule has 0 heterocycles. The molecule has 0 saturated heterocycles. The molecular formula is C18H21ClN2O5S. The molecule has 0 unspecified atom stereocenters. The van der Waals surface area contributed by atoms with Gasteiger partial charge in [-0.15, -0.1) is 0 Å². The summed E-state index contributed by atoms with van der Waals surface area (Å²) in [4.78, 5) is 12.5. The van der Waals surface area contributed by atoms with Gasteiger partial charge in [0, 0.05) is 17.8 Å². The first kappa shape index (κ1) is 21.0. The molecule has 146 valence electrons. The van der Waals surface area contributed by atoms with Gasteiger partial charge < -0.3 is 14.8 Å². The maximum Gasteiger partial charge on any atom is 0.255 e. The van der Waals surface area contributed by atoms with Gasteiger partial charge in [0.2, 0.25) is 10.0 Å². The van der Waals surface area contributed by atoms with E-state index in [-0.39, 0.29) is 22.8 Å². The van der Waals surface area contributed by atoms with E-state index in [1.54, 1.807) is 32.0 Å². The van der Waals surface area contributed by atoms with Crippen molar-refractivity contribution in [3.63, 3.8) is 0 Å². The van der Waals surface area contributed by atoms with Crippen LogP contribution in [0.2, 0.25) is 5.02 Å². The minimum Gasteiger partial charge on any atom is -0.495 e. The predicted octanol–water partition coefficient (Wildman–Crippen LogP) is 3.30. The SMILES string of the molecule is CCNS(=O)(=O)c1cc(C(=O)Nc2ccc(OC)c(Cl)c2)ccc1OCC. The molecule has 0 bridgehead atoms. The van der Waals surface area contributed by atoms with Gasteiger partial charge in [0.15, 0.2) is 0 Å². The van der Waals surface area contributed by atoms with Gasteiger partial charge in [-0.1, -0.05) is 18.5 Å². The number of anilines is 1. The minimum atomic E-state index is -3.80. The lowest BCUT2D eigenvalue weighted by Gasteiger charge is -2.13. The molecule has 2 rings (SSSR count). The summed E-state index contributed by atoms with van der Waals surface area (Å²) in [5.41, 5.74) is 0.623. The van der Waals surface area contributed by atoms with E-state index in [0.29, 0.717) is 23.1 Å². The summed E-state index contributed by atoms with van der Waals surface area (Å²) in [7, 11) is -2.31. The molecule has 0 aliphatic rings. The van der Waals surface area contributed by atoms with E-state index in [1.165, 1.54) is 25.3 Å². The summed E-state index contributed by atoms with van der Waals surface area (Å²) in [6.45, 7) is 3.93. The Labute approximate surface area is 163 Å². The summed E-state index contributed by atoms with van der Waals surface area (Å²) in [6, 6.07) is 9.04. The van der Waals surface area contributed by atoms with Crippen molar-refractivity contribution in [1.29, 1.82) is 0 Å². The van der Waals surface area contributed by atoms with Crippen LogP contribution in [-0.4, -0.2) is 34.6 Å². The predicted molar refractivity (Wildman–Crippen MR) is 104 cm³/mol. The van der Waals surface area contributed by atoms with E-state index in [4.69, 9.17) is 21.1 Å². The van der Waals surface area contributed by atoms with E-state index >= 15 is 0 Å². The second-order valence-corrected chi connectivity index (χ2v) is 7.54. The quantitative estimate of drug-likeness (QED) is 0.693. The number of hydrogen-bond acceptors (Lipinski definition) is 5. The van der Waals surface area contributed by atoms with E-state index < -0.39 is 15.9 Å². The Balaban J connectivity index is 2.35. The van der Waals surface area contributed by atoms with Crippen LogP contribution in [0.1, 0.15) is 24.2 Å². The van der Waals surface area contributed by atoms with Crippen LogP contribution in [0.15, 0.2) is 41.3 Å². The lowest BCUT2D eigenvalue weighted by atomic mass is 10.2. The highest BCUT2D eigenvalue weighted by molar-refractivity contribution is 7.89. The van der Waals surface area contributed by atoms with E-state index in [1.807, 2.05) is 0 Å². The van der Waals surface area contributed by atoms with Crippen LogP contribution in [0.25, 0.3) is 0 Å². The normalized spacial score (nSPS) is 11.1. The van der Waals surface area contributed by atoms with Gasteiger partial charge in [-0.05, 0) is 43.3 Å². The molecule has 0 aliphatic carbocycles. The standard InChI is InChI=1S/C18H21ClN2O5S/c1-4-20-27(23,24)17-10-12(6-8-16(17)26-5-2)18(22)21-13-7-9-15(25-3)14(19)11-13/h6-11,20H,4-5H2,1-3H3,(H,21,22). The fourth-order valence-corrected chi connectivity index (χ4v) is 3.82. The molecule has 0 atom stereocenters. The summed E-state index contributed by atoms with van der Waals surface area (Å²) < 4.78 is 37.7. The van der Waals surface area contributed by atoms with Crippen molar-refractivity contribution in [3.05, 3.63) is 47.0 Å². The molecule has 0 radical (unpaired) electrons. The molecule has 0 spiro atoms. The van der Waals surface area contributed by atoms with Crippen molar-refractivity contribution < 1.29 is 22.7 Å². The number of halogens is 1. The van der Waals surface area contributed by atoms with Crippen molar-refractivity contribution in [1.82, 2.24) is 4.72 Å². The third kappa shape index (κ3) is 5.12. The zero-order valence-corrected chi connectivity index (χ0v) is 16.8. The summed E-state index contributed by atoms with van der Waals surface area (Å²) in [5, 5.41) is 3.02. The van der Waals surface area contributed by atoms with E-state index in [9.17, 15) is 13.2 Å². The van der Waals surface area contributed by atoms with E-state index in [0.717, 1.165) is 0 Å². The highest BCUT2D eigenvalue weighted by Crippen LogP contribution is 2.28. The van der Waals surface area contributed by atoms with Crippen LogP contribution in [-0.2, 0) is 10.0 Å². The number of hydrogen-bond donors (Lipinski definition) is 2. The van der Waals surface area contributed by atoms with Gasteiger partial charge in [0.25, 0.3) is 5.91 Å². The van der Waals surface area contributed by atoms with Crippen molar-refractivity contribution in [3.8, 4) is 11.5 Å². The van der Waals surface area contributed by atoms with Gasteiger partial charge >= 0.3 is 0 Å². The van der Waals surface area contributed by atoms with Crippen LogP contribution in [0.4, 0.5) is 5.69 Å². The number of carbonyl (C=O) groups is 1. The Kier molecular flexibility index (Phi) is 7.06. The fourth-order valence-electron chi connectivity index (χ4n) is 2.35. The Morgan fingerprint density at radius 3 is 2.41 bits per heavy atom. The van der Waals surface area contributed by atoms with Crippen LogP contribution in [0.3, 0.4) is 0 Å². The minimum absolute atomic E-state index is 0.0911. The Morgan fingerprint density at radius 2 is 1.81 bits per heavy atom. The number of methoxy groups -OCH3 is 1. The number of amides is 1. The summed E-state index contributed by atoms with van der Waals surface area (Å²) >= 11 is 6.05. The largest absolute Gasteiger partial charge is 0.495 e. The third-order valence-electron chi connectivity index (χ3n) is 3.54. The number of benzene rings is 2. The third-order valence-corrected chi connectivity index (χ3v) is 5.40. The van der Waals surface area contributed by atoms with Crippen molar-refractivity contribution in [2.75, 3.05) is 25.6 Å². The molecule has 9 heteroatoms. The molecule has 0 saturated carbocycles. The monoisotopic (exact) mass is 412 g/mol. The number of carbonyl (C=O) groups excluding carboxylic acids is 1. The van der Waals surface area contributed by atoms with Crippen molar-refractivity contribution in [2.24, 2.45) is 0 Å². The lowest BCUT2D eigenvalue weighted by Crippen LogP contribution is -2.24. The molecule has 1 amide bonds. The van der Waals surface area contributed by atoms with Crippen molar-refractivity contribution in [2.45, 2.75) is 18.7 Å². The average Bonchev–Trinajstić information content (AvgIpc) is 2.62. The lowest BCUT2D eigenvalue weighted by molar-refractivity contribution is 0.102. The Morgan fingerprint density at radius 1 is 1.11 bits per heavy atom. The Bertz CT molecular complexity index is 931. The first-order valence-electron chi connectivity index (χ1n) is 8.23. The highest BCUT2D eigenvalue weighted by Gasteiger charge is 2.21. The molecule has 7 nitrogen and oxygen atoms in total. The second-order valence-electron chi connectivity index (χ2n) is 5.40. The molecule has 27 heavy (non-hydrogen) atoms. The molecule has 0 aliphatic heterocycles. The molecule has 2 aromatic carbocycles. The Hall–Kier alpha value is -2.29. The van der Waals surface area contributed by atoms with Crippen LogP contribution >= 0.6 is 11.6 Å². The van der Waals surface area contributed by atoms with Crippen LogP contribution in [0, 0.1) is 0 Å². The first-order chi connectivity index (χ1) is 12.8. The number of rotatable bonds is 8. The van der Waals surface area contributed by atoms with Crippen molar-refractivity contribution >= 4 is 33.2 Å². The summed E-state index contributed by atoms with van der Waals surface area (Å²) in [6.07, 6.45) is 0. The smallest absolute Gasteiger partial charge is 0.255 e. The molecule has 2 N–H and O–H groups in total. The number of ether oxygens (including phenoxy) is 2. The summed E-state index contributed by atoms with van der Waals surface area (Å²) in [5.74, 6) is 0.185. The molecule has 0 fully saturated rings. The average molecular weight is 413 g/mol. The van der Waals surface area contributed by atoms with Gasteiger partial charge in [-0.25, -0.2) is 13.1 Å². The first-order valence-corrected chi connectivity index (χ1v) is 10.1. The maximum atomic E-state index is 12.5. The van der Waals surface area contributed by atoms with Gasteiger partial charge in [-0.3, -0.25) is 4.79 Å². The van der Waals surface area contributed by atoms with Gasteiger partial charge in [0.1, 0.15) is 16.4 Å². The highest BCUT2D eigenvalue weighted by atomic mass is 35.5. The second kappa shape index (κ2) is 9.07. The van der Waals surface area contributed by atoms with Crippen LogP contribution in [0.5, 0.6) is 11.5 Å². The number of nitrogens with one attached hydrogen (secondary N) is 2. The topological polar surface area (TPSA) is 93.7 Å². The maximum absolute atomic E-state index is 12.5. The van der Waals surface area contributed by atoms with E-state index in [2.05, 4.69) is 10.0 Å². The fraction of sp³-hybridized carbons (Fsp3) is 0.278.